The second-order valence-corrected chi connectivity index (χ2v) is 12.2. The number of hydrogen-bond acceptors (Lipinski definition) is 5. The standard InChI is InChI=1S/C30H36N2O3/c1-33-23-10-7-20-15-24-28-11-12-30(34-2,22(16-28)19-5-8-21(31)9-6-19)27-29(28,25(20)26(23)35-27)13-14-32(24)17-18-3-4-18/h5-10,18,22,24,27H,3-4,11-17,31H2,1-2H3/t22-,24-,27-,28-,29+,30-/m1/s1. The quantitative estimate of drug-likeness (QED) is 0.641. The van der Waals surface area contributed by atoms with E-state index in [-0.39, 0.29) is 22.5 Å². The number of benzene rings is 2. The van der Waals surface area contributed by atoms with Gasteiger partial charge in [-0.3, -0.25) is 4.90 Å². The van der Waals surface area contributed by atoms with Gasteiger partial charge >= 0.3 is 0 Å². The van der Waals surface area contributed by atoms with Gasteiger partial charge in [0, 0.05) is 47.7 Å². The largest absolute Gasteiger partial charge is 0.493 e. The number of nitrogens with zero attached hydrogens (tertiary/aromatic N) is 1. The fourth-order valence-electron chi connectivity index (χ4n) is 9.66. The van der Waals surface area contributed by atoms with Crippen LogP contribution in [0.2, 0.25) is 0 Å². The number of piperidine rings is 1. The molecule has 5 fully saturated rings. The zero-order chi connectivity index (χ0) is 23.6. The zero-order valence-electron chi connectivity index (χ0n) is 20.9. The molecule has 2 aromatic carbocycles. The molecule has 4 bridgehead atoms. The van der Waals surface area contributed by atoms with E-state index in [2.05, 4.69) is 41.3 Å². The summed E-state index contributed by atoms with van der Waals surface area (Å²) in [5.74, 6) is 3.10. The molecule has 1 saturated heterocycles. The summed E-state index contributed by atoms with van der Waals surface area (Å²) < 4.78 is 19.7. The fraction of sp³-hybridized carbons (Fsp3) is 0.600. The third kappa shape index (κ3) is 2.33. The van der Waals surface area contributed by atoms with E-state index in [9.17, 15) is 0 Å². The van der Waals surface area contributed by atoms with Crippen LogP contribution in [0.15, 0.2) is 36.4 Å². The SMILES string of the molecule is COc1ccc2c3c1O[C@H]1[C@@]4(OC)CC[C@@]5(C[C@@H]4c4ccc(N)cc4)[C@@H](C2)N(CC2CC2)CC[C@]315. The monoisotopic (exact) mass is 472 g/mol. The van der Waals surface area contributed by atoms with Crippen molar-refractivity contribution >= 4 is 5.69 Å². The Morgan fingerprint density at radius 1 is 1.06 bits per heavy atom. The second kappa shape index (κ2) is 6.74. The summed E-state index contributed by atoms with van der Waals surface area (Å²) in [6.45, 7) is 2.44. The molecule has 184 valence electrons. The smallest absolute Gasteiger partial charge is 0.165 e. The van der Waals surface area contributed by atoms with Crippen molar-refractivity contribution in [1.29, 1.82) is 0 Å². The fourth-order valence-corrected chi connectivity index (χ4v) is 9.66. The summed E-state index contributed by atoms with van der Waals surface area (Å²) in [6.07, 6.45) is 8.54. The third-order valence-electron chi connectivity index (χ3n) is 11.2. The first kappa shape index (κ1) is 20.9. The molecule has 2 N–H and O–H groups in total. The van der Waals surface area contributed by atoms with Crippen LogP contribution >= 0.6 is 0 Å². The van der Waals surface area contributed by atoms with E-state index in [1.54, 1.807) is 7.11 Å². The molecule has 0 aromatic heterocycles. The highest BCUT2D eigenvalue weighted by atomic mass is 16.6. The van der Waals surface area contributed by atoms with Gasteiger partial charge in [0.25, 0.3) is 0 Å². The Balaban J connectivity index is 1.37. The van der Waals surface area contributed by atoms with Gasteiger partial charge in [0.1, 0.15) is 11.7 Å². The van der Waals surface area contributed by atoms with E-state index in [0.29, 0.717) is 12.0 Å². The molecule has 0 unspecified atom stereocenters. The summed E-state index contributed by atoms with van der Waals surface area (Å²) >= 11 is 0. The average Bonchev–Trinajstić information content (AvgIpc) is 3.63. The first-order chi connectivity index (χ1) is 17.1. The molecular weight excluding hydrogens is 436 g/mol. The van der Waals surface area contributed by atoms with Crippen molar-refractivity contribution in [3.05, 3.63) is 53.1 Å². The van der Waals surface area contributed by atoms with Gasteiger partial charge in [-0.25, -0.2) is 0 Å². The van der Waals surface area contributed by atoms with Crippen LogP contribution < -0.4 is 15.2 Å². The van der Waals surface area contributed by atoms with Gasteiger partial charge in [-0.1, -0.05) is 18.2 Å². The predicted octanol–water partition coefficient (Wildman–Crippen LogP) is 4.67. The first-order valence-electron chi connectivity index (χ1n) is 13.6. The number of ether oxygens (including phenoxy) is 3. The molecule has 2 spiro atoms. The number of nitrogen functional groups attached to an aromatic ring is 1. The normalized spacial score (nSPS) is 40.3. The van der Waals surface area contributed by atoms with Crippen LogP contribution in [0.25, 0.3) is 0 Å². The maximum absolute atomic E-state index is 7.13. The van der Waals surface area contributed by atoms with E-state index in [1.165, 1.54) is 49.0 Å². The van der Waals surface area contributed by atoms with Crippen LogP contribution in [-0.4, -0.2) is 50.0 Å². The van der Waals surface area contributed by atoms with E-state index in [1.807, 2.05) is 7.11 Å². The minimum Gasteiger partial charge on any atom is -0.493 e. The molecule has 0 amide bonds. The number of methoxy groups -OCH3 is 2. The first-order valence-corrected chi connectivity index (χ1v) is 13.6. The molecule has 2 aliphatic heterocycles. The molecule has 35 heavy (non-hydrogen) atoms. The van der Waals surface area contributed by atoms with Crippen LogP contribution in [0.3, 0.4) is 0 Å². The Kier molecular flexibility index (Phi) is 4.03. The Labute approximate surface area is 207 Å². The minimum absolute atomic E-state index is 0.00768. The topological polar surface area (TPSA) is 57.0 Å². The van der Waals surface area contributed by atoms with Crippen molar-refractivity contribution < 1.29 is 14.2 Å². The van der Waals surface area contributed by atoms with Gasteiger partial charge in [-0.15, -0.1) is 0 Å². The predicted molar refractivity (Wildman–Crippen MR) is 135 cm³/mol. The number of rotatable bonds is 5. The lowest BCUT2D eigenvalue weighted by Gasteiger charge is -2.74. The van der Waals surface area contributed by atoms with Gasteiger partial charge < -0.3 is 19.9 Å². The van der Waals surface area contributed by atoms with E-state index < -0.39 is 0 Å². The summed E-state index contributed by atoms with van der Waals surface area (Å²) in [6, 6.07) is 13.6. The van der Waals surface area contributed by atoms with Crippen molar-refractivity contribution in [2.24, 2.45) is 11.3 Å². The lowest BCUT2D eigenvalue weighted by atomic mass is 9.34. The molecule has 2 aromatic rings. The van der Waals surface area contributed by atoms with E-state index >= 15 is 0 Å². The highest BCUT2D eigenvalue weighted by molar-refractivity contribution is 5.64. The lowest BCUT2D eigenvalue weighted by molar-refractivity contribution is -0.261. The zero-order valence-corrected chi connectivity index (χ0v) is 20.9. The molecule has 0 radical (unpaired) electrons. The molecule has 6 atom stereocenters. The third-order valence-corrected chi connectivity index (χ3v) is 11.2. The number of hydrogen-bond donors (Lipinski definition) is 1. The maximum atomic E-state index is 7.13. The maximum Gasteiger partial charge on any atom is 0.165 e. The lowest BCUT2D eigenvalue weighted by Crippen LogP contribution is -2.80. The van der Waals surface area contributed by atoms with Crippen molar-refractivity contribution in [2.75, 3.05) is 33.0 Å². The van der Waals surface area contributed by atoms with Crippen LogP contribution in [0.5, 0.6) is 11.5 Å². The van der Waals surface area contributed by atoms with Crippen LogP contribution in [0.1, 0.15) is 61.1 Å². The van der Waals surface area contributed by atoms with Crippen LogP contribution in [0, 0.1) is 11.3 Å². The molecule has 5 nitrogen and oxygen atoms in total. The molecule has 7 aliphatic rings. The van der Waals surface area contributed by atoms with E-state index in [0.717, 1.165) is 48.8 Å². The Morgan fingerprint density at radius 2 is 1.89 bits per heavy atom. The molecular formula is C30H36N2O3. The summed E-state index contributed by atoms with van der Waals surface area (Å²) in [4.78, 5) is 2.90. The van der Waals surface area contributed by atoms with Gasteiger partial charge in [-0.2, -0.15) is 0 Å². The van der Waals surface area contributed by atoms with Gasteiger partial charge in [-0.05, 0) is 86.7 Å². The Morgan fingerprint density at radius 3 is 2.63 bits per heavy atom. The molecule has 5 aliphatic carbocycles. The summed E-state index contributed by atoms with van der Waals surface area (Å²) in [7, 11) is 3.70. The van der Waals surface area contributed by atoms with E-state index in [4.69, 9.17) is 19.9 Å². The van der Waals surface area contributed by atoms with Gasteiger partial charge in [0.05, 0.1) is 7.11 Å². The van der Waals surface area contributed by atoms with Crippen molar-refractivity contribution in [3.63, 3.8) is 0 Å². The molecule has 9 rings (SSSR count). The van der Waals surface area contributed by atoms with Gasteiger partial charge in [0.2, 0.25) is 0 Å². The highest BCUT2D eigenvalue weighted by Crippen LogP contribution is 2.78. The number of fused-ring (bicyclic) bond motifs is 2. The molecule has 5 heteroatoms. The number of anilines is 1. The summed E-state index contributed by atoms with van der Waals surface area (Å²) in [5, 5.41) is 0. The van der Waals surface area contributed by atoms with Gasteiger partial charge in [0.15, 0.2) is 11.5 Å². The molecule has 2 heterocycles. The van der Waals surface area contributed by atoms with Crippen molar-refractivity contribution in [2.45, 2.75) is 74.0 Å². The molecule has 4 saturated carbocycles. The average molecular weight is 473 g/mol. The van der Waals surface area contributed by atoms with Crippen molar-refractivity contribution in [3.8, 4) is 11.5 Å². The minimum atomic E-state index is -0.348. The highest BCUT2D eigenvalue weighted by Gasteiger charge is 2.80. The Bertz CT molecular complexity index is 1210. The van der Waals surface area contributed by atoms with Crippen LogP contribution in [-0.2, 0) is 16.6 Å². The number of likely N-dealkylation sites (tertiary alicyclic amines) is 1. The van der Waals surface area contributed by atoms with Crippen LogP contribution in [0.4, 0.5) is 5.69 Å². The second-order valence-electron chi connectivity index (χ2n) is 12.2. The van der Waals surface area contributed by atoms with Crippen molar-refractivity contribution in [1.82, 2.24) is 4.90 Å². The summed E-state index contributed by atoms with van der Waals surface area (Å²) in [5.41, 5.74) is 11.1. The number of nitrogens with two attached hydrogens (primary N) is 1. The Hall–Kier alpha value is -2.24.